The van der Waals surface area contributed by atoms with Gasteiger partial charge in [0.2, 0.25) is 5.91 Å². The van der Waals surface area contributed by atoms with Crippen LogP contribution >= 0.6 is 24.8 Å². The second-order valence-corrected chi connectivity index (χ2v) is 7.06. The minimum atomic E-state index is -0.955. The van der Waals surface area contributed by atoms with Crippen LogP contribution in [0.3, 0.4) is 0 Å². The summed E-state index contributed by atoms with van der Waals surface area (Å²) in [6, 6.07) is 7.36. The average Bonchev–Trinajstić information content (AvgIpc) is 2.86. The number of carbonyl (C=O) groups is 1. The predicted molar refractivity (Wildman–Crippen MR) is 109 cm³/mol. The van der Waals surface area contributed by atoms with Gasteiger partial charge in [0.15, 0.2) is 0 Å². The smallest absolute Gasteiger partial charge is 0.307 e. The fraction of sp³-hybridized carbons (Fsp3) is 0.222. The number of aryl methyl sites for hydroxylation is 1. The van der Waals surface area contributed by atoms with Crippen LogP contribution in [-0.2, 0) is 18.3 Å². The van der Waals surface area contributed by atoms with Gasteiger partial charge in [-0.25, -0.2) is 8.78 Å². The van der Waals surface area contributed by atoms with Crippen LogP contribution in [0.5, 0.6) is 0 Å². The number of nitrogens with two attached hydrogens (primary N) is 1. The Morgan fingerprint density at radius 3 is 2.48 bits per heavy atom. The minimum absolute atomic E-state index is 0. The zero-order valence-corrected chi connectivity index (χ0v) is 16.5. The Morgan fingerprint density at radius 1 is 1.22 bits per heavy atom. The molecule has 0 bridgehead atoms. The van der Waals surface area contributed by atoms with Crippen molar-refractivity contribution in [3.8, 4) is 0 Å². The summed E-state index contributed by atoms with van der Waals surface area (Å²) in [6.45, 7) is 0. The molecule has 2 N–H and O–H groups in total. The Morgan fingerprint density at radius 2 is 1.85 bits per heavy atom. The molecule has 5 nitrogen and oxygen atoms in total. The van der Waals surface area contributed by atoms with Gasteiger partial charge in [-0.1, -0.05) is 11.3 Å². The highest BCUT2D eigenvalue weighted by Gasteiger charge is 2.21. The molecule has 0 unspecified atom stereocenters. The summed E-state index contributed by atoms with van der Waals surface area (Å²) in [6.07, 6.45) is 0.0109. The molecule has 9 heteroatoms. The second kappa shape index (κ2) is 8.20. The van der Waals surface area contributed by atoms with E-state index in [2.05, 4.69) is 0 Å². The fourth-order valence-corrected chi connectivity index (χ4v) is 3.63. The summed E-state index contributed by atoms with van der Waals surface area (Å²) in [5.41, 5.74) is 7.56. The maximum Gasteiger partial charge on any atom is 0.307 e. The number of thiazole rings is 1. The highest BCUT2D eigenvalue weighted by molar-refractivity contribution is 7.59. The Balaban J connectivity index is 0.00000261. The Bertz CT molecular complexity index is 1030. The third kappa shape index (κ3) is 4.37. The molecule has 0 aliphatic rings. The van der Waals surface area contributed by atoms with Gasteiger partial charge in [0, 0.05) is 25.8 Å². The van der Waals surface area contributed by atoms with Gasteiger partial charge in [-0.2, -0.15) is 13.5 Å². The van der Waals surface area contributed by atoms with Gasteiger partial charge < -0.3 is 15.2 Å². The van der Waals surface area contributed by atoms with Crippen molar-refractivity contribution in [1.29, 1.82) is 0 Å². The van der Waals surface area contributed by atoms with Crippen LogP contribution in [0.1, 0.15) is 5.56 Å². The van der Waals surface area contributed by atoms with Crippen LogP contribution in [-0.4, -0.2) is 23.6 Å². The molecule has 2 aromatic carbocycles. The molecular weight excluding hydrogens is 392 g/mol. The van der Waals surface area contributed by atoms with Gasteiger partial charge >= 0.3 is 4.87 Å². The molecule has 1 atom stereocenters. The zero-order valence-electron chi connectivity index (χ0n) is 14.7. The van der Waals surface area contributed by atoms with E-state index in [0.717, 1.165) is 39.8 Å². The first-order valence-electron chi connectivity index (χ1n) is 7.84. The molecule has 144 valence electrons. The highest BCUT2D eigenvalue weighted by atomic mass is 32.1. The van der Waals surface area contributed by atoms with Gasteiger partial charge in [-0.15, -0.1) is 0 Å². The fourth-order valence-electron chi connectivity index (χ4n) is 2.77. The monoisotopic (exact) mass is 411 g/mol. The number of nitrogens with zero attached hydrogens (tertiary/aromatic N) is 2. The zero-order chi connectivity index (χ0) is 19.0. The summed E-state index contributed by atoms with van der Waals surface area (Å²) >= 11 is 1.13. The summed E-state index contributed by atoms with van der Waals surface area (Å²) < 4.78 is 28.9. The molecule has 1 aromatic heterocycles. The molecular formula is C18H19F2N3O2S2. The normalized spacial score (nSPS) is 11.9. The molecule has 3 aromatic rings. The number of aromatic nitrogens is 1. The van der Waals surface area contributed by atoms with E-state index in [1.54, 1.807) is 32.3 Å². The molecule has 0 spiro atoms. The largest absolute Gasteiger partial charge is 0.320 e. The molecule has 3 rings (SSSR count). The maximum atomic E-state index is 13.3. The first-order chi connectivity index (χ1) is 12.3. The lowest BCUT2D eigenvalue weighted by molar-refractivity contribution is -0.119. The van der Waals surface area contributed by atoms with Gasteiger partial charge in [0.25, 0.3) is 0 Å². The van der Waals surface area contributed by atoms with Crippen LogP contribution in [0.4, 0.5) is 14.5 Å². The topological polar surface area (TPSA) is 68.3 Å². The third-order valence-electron chi connectivity index (χ3n) is 4.19. The lowest BCUT2D eigenvalue weighted by Crippen LogP contribution is -2.43. The second-order valence-electron chi connectivity index (χ2n) is 6.06. The van der Waals surface area contributed by atoms with E-state index in [1.165, 1.54) is 9.47 Å². The molecule has 0 saturated carbocycles. The van der Waals surface area contributed by atoms with Crippen molar-refractivity contribution in [2.75, 3.05) is 11.9 Å². The summed E-state index contributed by atoms with van der Waals surface area (Å²) in [5, 5.41) is 0. The van der Waals surface area contributed by atoms with Crippen LogP contribution in [0.25, 0.3) is 10.2 Å². The summed E-state index contributed by atoms with van der Waals surface area (Å²) in [5.74, 6) is -1.82. The first kappa shape index (κ1) is 21.1. The number of hydrogen-bond donors (Lipinski definition) is 1. The lowest BCUT2D eigenvalue weighted by Gasteiger charge is -2.22. The quantitative estimate of drug-likeness (QED) is 0.717. The van der Waals surface area contributed by atoms with Gasteiger partial charge in [-0.3, -0.25) is 9.59 Å². The standard InChI is InChI=1S/C18H17F2N3O2S.H2S/c1-22(13-3-4-16-15(9-13)23(2)18(25)26-16)17(24)14(21)7-10-5-11(19)8-12(20)6-10;/h3-6,8-9,14H,7,21H2,1-2H3;1H2/t14-;/m0./s1. The molecule has 0 aliphatic carbocycles. The van der Waals surface area contributed by atoms with E-state index >= 15 is 0 Å². The first-order valence-corrected chi connectivity index (χ1v) is 8.65. The molecule has 27 heavy (non-hydrogen) atoms. The number of benzene rings is 2. The highest BCUT2D eigenvalue weighted by Crippen LogP contribution is 2.23. The number of rotatable bonds is 4. The number of likely N-dealkylation sites (N-methyl/N-ethyl adjacent to an activating group) is 1. The van der Waals surface area contributed by atoms with Crippen molar-refractivity contribution < 1.29 is 13.6 Å². The number of carbonyl (C=O) groups excluding carboxylic acids is 1. The van der Waals surface area contributed by atoms with Crippen molar-refractivity contribution >= 4 is 46.6 Å². The number of anilines is 1. The Labute approximate surface area is 165 Å². The predicted octanol–water partition coefficient (Wildman–Crippen LogP) is 2.52. The Hall–Kier alpha value is -2.23. The van der Waals surface area contributed by atoms with Gasteiger partial charge in [-0.05, 0) is 42.3 Å². The van der Waals surface area contributed by atoms with Crippen molar-refractivity contribution in [2.24, 2.45) is 12.8 Å². The van der Waals surface area contributed by atoms with Crippen LogP contribution in [0.2, 0.25) is 0 Å². The molecule has 0 saturated heterocycles. The average molecular weight is 411 g/mol. The number of fused-ring (bicyclic) bond motifs is 1. The van der Waals surface area contributed by atoms with E-state index in [-0.39, 0.29) is 24.8 Å². The summed E-state index contributed by atoms with van der Waals surface area (Å²) in [4.78, 5) is 25.6. The van der Waals surface area contributed by atoms with Crippen LogP contribution in [0.15, 0.2) is 41.2 Å². The van der Waals surface area contributed by atoms with E-state index in [4.69, 9.17) is 5.73 Å². The van der Waals surface area contributed by atoms with E-state index in [9.17, 15) is 18.4 Å². The third-order valence-corrected chi connectivity index (χ3v) is 5.20. The van der Waals surface area contributed by atoms with Crippen LogP contribution in [0, 0.1) is 11.6 Å². The number of halogens is 2. The van der Waals surface area contributed by atoms with E-state index < -0.39 is 23.6 Å². The van der Waals surface area contributed by atoms with Crippen molar-refractivity contribution in [3.63, 3.8) is 0 Å². The van der Waals surface area contributed by atoms with Crippen molar-refractivity contribution in [1.82, 2.24) is 4.57 Å². The number of amides is 1. The van der Waals surface area contributed by atoms with Crippen molar-refractivity contribution in [3.05, 3.63) is 63.3 Å². The van der Waals surface area contributed by atoms with Crippen molar-refractivity contribution in [2.45, 2.75) is 12.5 Å². The maximum absolute atomic E-state index is 13.3. The Kier molecular flexibility index (Phi) is 6.40. The van der Waals surface area contributed by atoms with E-state index in [0.29, 0.717) is 11.3 Å². The number of hydrogen-bond acceptors (Lipinski definition) is 4. The molecule has 0 fully saturated rings. The van der Waals surface area contributed by atoms with Crippen LogP contribution < -0.4 is 15.5 Å². The molecule has 0 aliphatic heterocycles. The molecule has 0 radical (unpaired) electrons. The SMILES string of the molecule is CN(C(=O)[C@@H](N)Cc1cc(F)cc(F)c1)c1ccc2sc(=O)n(C)c2c1.S. The van der Waals surface area contributed by atoms with Gasteiger partial charge in [0.05, 0.1) is 16.3 Å². The molecule has 1 amide bonds. The van der Waals surface area contributed by atoms with E-state index in [1.807, 2.05) is 0 Å². The minimum Gasteiger partial charge on any atom is -0.320 e. The lowest BCUT2D eigenvalue weighted by atomic mass is 10.0. The van der Waals surface area contributed by atoms with Gasteiger partial charge in [0.1, 0.15) is 11.6 Å². The summed E-state index contributed by atoms with van der Waals surface area (Å²) in [7, 11) is 3.23. The molecule has 1 heterocycles.